The van der Waals surface area contributed by atoms with E-state index in [-0.39, 0.29) is 0 Å². The topological polar surface area (TPSA) is 40.4 Å². The van der Waals surface area contributed by atoms with Crippen molar-refractivity contribution in [3.05, 3.63) is 53.4 Å². The van der Waals surface area contributed by atoms with Gasteiger partial charge >= 0.3 is 0 Å². The average Bonchev–Trinajstić information content (AvgIpc) is 3.11. The number of nitrogens with one attached hydrogen (secondary N) is 2. The minimum absolute atomic E-state index is 0.403. The summed E-state index contributed by atoms with van der Waals surface area (Å²) >= 11 is 11.7. The van der Waals surface area contributed by atoms with E-state index in [0.29, 0.717) is 28.3 Å². The Balaban J connectivity index is 1.36. The van der Waals surface area contributed by atoms with Crippen molar-refractivity contribution in [2.75, 3.05) is 5.32 Å². The van der Waals surface area contributed by atoms with Gasteiger partial charge in [0.25, 0.3) is 0 Å². The Hall–Kier alpha value is -1.56. The van der Waals surface area contributed by atoms with E-state index in [4.69, 9.17) is 28.2 Å². The summed E-state index contributed by atoms with van der Waals surface area (Å²) in [7, 11) is 0. The van der Waals surface area contributed by atoms with Gasteiger partial charge in [-0.3, -0.25) is 4.90 Å². The van der Waals surface area contributed by atoms with E-state index in [1.165, 1.54) is 19.3 Å². The zero-order chi connectivity index (χ0) is 17.9. The fraction of sp³-hybridized carbons (Fsp3) is 0.450. The zero-order valence-electron chi connectivity index (χ0n) is 14.7. The van der Waals surface area contributed by atoms with E-state index in [1.54, 1.807) is 6.26 Å². The Bertz CT molecular complexity index is 737. The number of anilines is 1. The summed E-state index contributed by atoms with van der Waals surface area (Å²) < 4.78 is 5.57. The number of fused-ring (bicyclic) bond motifs is 2. The van der Waals surface area contributed by atoms with Gasteiger partial charge in [0, 0.05) is 18.1 Å². The maximum Gasteiger partial charge on any atom is 0.171 e. The number of para-hydroxylation sites is 1. The number of piperidine rings is 2. The fourth-order valence-corrected chi connectivity index (χ4v) is 4.80. The van der Waals surface area contributed by atoms with Crippen molar-refractivity contribution < 1.29 is 4.42 Å². The highest BCUT2D eigenvalue weighted by molar-refractivity contribution is 7.80. The van der Waals surface area contributed by atoms with Crippen LogP contribution in [0.3, 0.4) is 0 Å². The number of hydrogen-bond donors (Lipinski definition) is 2. The molecule has 0 amide bonds. The monoisotopic (exact) mass is 389 g/mol. The van der Waals surface area contributed by atoms with Crippen molar-refractivity contribution in [2.45, 2.75) is 56.8 Å². The predicted octanol–water partition coefficient (Wildman–Crippen LogP) is 4.81. The Morgan fingerprint density at radius 1 is 1.15 bits per heavy atom. The van der Waals surface area contributed by atoms with E-state index in [0.717, 1.165) is 30.8 Å². The summed E-state index contributed by atoms with van der Waals surface area (Å²) in [6.45, 7) is 0.914. The second kappa shape index (κ2) is 7.99. The standard InChI is InChI=1S/C20H24ClN3OS/c21-18-8-1-2-9-19(18)23-20(26)22-14-11-15-5-3-6-16(12-14)24(15)13-17-7-4-10-25-17/h1-2,4,7-10,14-16H,3,5-6,11-13H2,(H2,22,23,26). The summed E-state index contributed by atoms with van der Waals surface area (Å²) in [5, 5.41) is 8.08. The molecule has 138 valence electrons. The first kappa shape index (κ1) is 17.8. The molecule has 2 saturated heterocycles. The fourth-order valence-electron chi connectivity index (χ4n) is 4.34. The number of benzene rings is 1. The summed E-state index contributed by atoms with van der Waals surface area (Å²) in [5.74, 6) is 1.06. The van der Waals surface area contributed by atoms with Gasteiger partial charge in [0.15, 0.2) is 5.11 Å². The van der Waals surface area contributed by atoms with Crippen LogP contribution in [0.1, 0.15) is 37.9 Å². The summed E-state index contributed by atoms with van der Waals surface area (Å²) in [4.78, 5) is 2.63. The highest BCUT2D eigenvalue weighted by Crippen LogP contribution is 2.35. The van der Waals surface area contributed by atoms with Crippen LogP contribution in [0.25, 0.3) is 0 Å². The molecule has 2 unspecified atom stereocenters. The highest BCUT2D eigenvalue weighted by Gasteiger charge is 2.38. The number of hydrogen-bond acceptors (Lipinski definition) is 3. The molecule has 2 atom stereocenters. The molecule has 2 aliphatic heterocycles. The van der Waals surface area contributed by atoms with E-state index < -0.39 is 0 Å². The van der Waals surface area contributed by atoms with Crippen molar-refractivity contribution in [3.8, 4) is 0 Å². The molecule has 2 aliphatic rings. The minimum atomic E-state index is 0.403. The molecule has 0 aliphatic carbocycles. The van der Waals surface area contributed by atoms with Crippen molar-refractivity contribution in [1.29, 1.82) is 0 Å². The van der Waals surface area contributed by atoms with Crippen LogP contribution < -0.4 is 10.6 Å². The lowest BCUT2D eigenvalue weighted by atomic mass is 9.81. The molecule has 2 aromatic rings. The lowest BCUT2D eigenvalue weighted by molar-refractivity contribution is 0.0161. The van der Waals surface area contributed by atoms with E-state index in [2.05, 4.69) is 21.6 Å². The van der Waals surface area contributed by atoms with Crippen LogP contribution in [0.4, 0.5) is 5.69 Å². The Morgan fingerprint density at radius 3 is 2.62 bits per heavy atom. The Kier molecular flexibility index (Phi) is 5.48. The molecular weight excluding hydrogens is 366 g/mol. The number of halogens is 1. The van der Waals surface area contributed by atoms with Crippen molar-refractivity contribution in [3.63, 3.8) is 0 Å². The van der Waals surface area contributed by atoms with Crippen LogP contribution in [0.5, 0.6) is 0 Å². The van der Waals surface area contributed by atoms with E-state index in [1.807, 2.05) is 30.3 Å². The maximum atomic E-state index is 6.21. The molecule has 26 heavy (non-hydrogen) atoms. The molecule has 2 fully saturated rings. The maximum absolute atomic E-state index is 6.21. The summed E-state index contributed by atoms with van der Waals surface area (Å²) in [6.07, 6.45) is 7.81. The minimum Gasteiger partial charge on any atom is -0.468 e. The van der Waals surface area contributed by atoms with Crippen LogP contribution in [-0.4, -0.2) is 28.1 Å². The third-order valence-electron chi connectivity index (χ3n) is 5.50. The lowest BCUT2D eigenvalue weighted by Crippen LogP contribution is -2.56. The lowest BCUT2D eigenvalue weighted by Gasteiger charge is -2.48. The smallest absolute Gasteiger partial charge is 0.171 e. The molecule has 0 radical (unpaired) electrons. The van der Waals surface area contributed by atoms with Gasteiger partial charge in [0.2, 0.25) is 0 Å². The van der Waals surface area contributed by atoms with E-state index in [9.17, 15) is 0 Å². The first-order valence-electron chi connectivity index (χ1n) is 9.29. The molecule has 2 N–H and O–H groups in total. The van der Waals surface area contributed by atoms with Crippen LogP contribution in [-0.2, 0) is 6.54 Å². The molecule has 2 bridgehead atoms. The first-order valence-corrected chi connectivity index (χ1v) is 10.1. The molecule has 4 rings (SSSR count). The number of thiocarbonyl (C=S) groups is 1. The molecule has 1 aromatic carbocycles. The second-order valence-electron chi connectivity index (χ2n) is 7.24. The van der Waals surface area contributed by atoms with Crippen molar-refractivity contribution in [2.24, 2.45) is 0 Å². The third-order valence-corrected chi connectivity index (χ3v) is 6.05. The average molecular weight is 390 g/mol. The molecule has 3 heterocycles. The Morgan fingerprint density at radius 2 is 1.92 bits per heavy atom. The van der Waals surface area contributed by atoms with Gasteiger partial charge in [-0.2, -0.15) is 0 Å². The molecule has 1 aromatic heterocycles. The van der Waals surface area contributed by atoms with Gasteiger partial charge in [-0.15, -0.1) is 0 Å². The van der Waals surface area contributed by atoms with Gasteiger partial charge in [-0.1, -0.05) is 30.2 Å². The molecule has 0 saturated carbocycles. The van der Waals surface area contributed by atoms with Gasteiger partial charge in [0.05, 0.1) is 23.5 Å². The second-order valence-corrected chi connectivity index (χ2v) is 8.05. The summed E-state index contributed by atoms with van der Waals surface area (Å²) in [6, 6.07) is 13.3. The van der Waals surface area contributed by atoms with E-state index >= 15 is 0 Å². The normalized spacial score (nSPS) is 25.7. The first-order chi connectivity index (χ1) is 12.7. The predicted molar refractivity (Wildman–Crippen MR) is 110 cm³/mol. The molecule has 4 nitrogen and oxygen atoms in total. The zero-order valence-corrected chi connectivity index (χ0v) is 16.2. The van der Waals surface area contributed by atoms with Gasteiger partial charge in [-0.25, -0.2) is 0 Å². The van der Waals surface area contributed by atoms with Crippen LogP contribution in [0.2, 0.25) is 5.02 Å². The third kappa shape index (κ3) is 4.05. The van der Waals surface area contributed by atoms with Gasteiger partial charge in [-0.05, 0) is 62.2 Å². The van der Waals surface area contributed by atoms with Crippen LogP contribution in [0, 0.1) is 0 Å². The van der Waals surface area contributed by atoms with Crippen LogP contribution in [0.15, 0.2) is 47.1 Å². The number of furan rings is 1. The quantitative estimate of drug-likeness (QED) is 0.734. The number of rotatable bonds is 4. The summed E-state index contributed by atoms with van der Waals surface area (Å²) in [5.41, 5.74) is 0.849. The molecular formula is C20H24ClN3OS. The van der Waals surface area contributed by atoms with Crippen LogP contribution >= 0.6 is 23.8 Å². The largest absolute Gasteiger partial charge is 0.468 e. The van der Waals surface area contributed by atoms with Gasteiger partial charge in [0.1, 0.15) is 5.76 Å². The molecule has 0 spiro atoms. The Labute approximate surface area is 164 Å². The SMILES string of the molecule is S=C(Nc1ccccc1Cl)NC1CC2CCCC(C1)N2Cc1ccco1. The van der Waals surface area contributed by atoms with Crippen molar-refractivity contribution in [1.82, 2.24) is 10.2 Å². The number of nitrogens with zero attached hydrogens (tertiary/aromatic N) is 1. The van der Waals surface area contributed by atoms with Gasteiger partial charge < -0.3 is 15.1 Å². The molecule has 6 heteroatoms. The highest BCUT2D eigenvalue weighted by atomic mass is 35.5. The van der Waals surface area contributed by atoms with Crippen molar-refractivity contribution >= 4 is 34.6 Å².